The first-order valence-electron chi connectivity index (χ1n) is 7.53. The molecular formula is C18H16F3NO4. The summed E-state index contributed by atoms with van der Waals surface area (Å²) in [5, 5.41) is 2.26. The van der Waals surface area contributed by atoms with Crippen LogP contribution in [0.4, 0.5) is 18.9 Å². The lowest BCUT2D eigenvalue weighted by Crippen LogP contribution is -2.21. The van der Waals surface area contributed by atoms with E-state index in [2.05, 4.69) is 5.32 Å². The van der Waals surface area contributed by atoms with Gasteiger partial charge in [-0.05, 0) is 35.9 Å². The summed E-state index contributed by atoms with van der Waals surface area (Å²) in [6.07, 6.45) is -4.55. The smallest absolute Gasteiger partial charge is 0.416 e. The van der Waals surface area contributed by atoms with Gasteiger partial charge < -0.3 is 14.8 Å². The molecule has 0 aromatic heterocycles. The fraction of sp³-hybridized carbons (Fsp3) is 0.222. The Morgan fingerprint density at radius 3 is 2.38 bits per heavy atom. The molecule has 0 fully saturated rings. The topological polar surface area (TPSA) is 64.6 Å². The Hall–Kier alpha value is -3.03. The zero-order valence-corrected chi connectivity index (χ0v) is 13.8. The first kappa shape index (κ1) is 19.3. The Balaban J connectivity index is 1.83. The molecule has 0 radical (unpaired) electrons. The van der Waals surface area contributed by atoms with E-state index >= 15 is 0 Å². The van der Waals surface area contributed by atoms with Gasteiger partial charge in [0.2, 0.25) is 0 Å². The van der Waals surface area contributed by atoms with E-state index in [1.807, 2.05) is 0 Å². The van der Waals surface area contributed by atoms with Crippen LogP contribution in [0.2, 0.25) is 0 Å². The van der Waals surface area contributed by atoms with Crippen LogP contribution in [-0.4, -0.2) is 25.6 Å². The molecule has 0 saturated heterocycles. The summed E-state index contributed by atoms with van der Waals surface area (Å²) in [5.41, 5.74) is -0.239. The average molecular weight is 367 g/mol. The van der Waals surface area contributed by atoms with Crippen molar-refractivity contribution in [2.24, 2.45) is 0 Å². The number of carbonyl (C=O) groups excluding carboxylic acids is 2. The first-order valence-corrected chi connectivity index (χ1v) is 7.53. The van der Waals surface area contributed by atoms with E-state index in [-0.39, 0.29) is 12.1 Å². The number of esters is 1. The molecule has 2 aromatic carbocycles. The van der Waals surface area contributed by atoms with E-state index in [4.69, 9.17) is 9.47 Å². The normalized spacial score (nSPS) is 10.9. The molecule has 1 N–H and O–H groups in total. The molecule has 0 atom stereocenters. The molecule has 0 saturated carbocycles. The maximum Gasteiger partial charge on any atom is 0.416 e. The molecule has 0 aliphatic rings. The van der Waals surface area contributed by atoms with E-state index in [1.165, 1.54) is 19.2 Å². The van der Waals surface area contributed by atoms with Crippen molar-refractivity contribution in [2.45, 2.75) is 12.6 Å². The third-order valence-electron chi connectivity index (χ3n) is 3.35. The molecule has 0 aliphatic carbocycles. The van der Waals surface area contributed by atoms with Crippen LogP contribution < -0.4 is 10.1 Å². The molecule has 0 bridgehead atoms. The molecule has 1 amide bonds. The van der Waals surface area contributed by atoms with Crippen LogP contribution in [0.25, 0.3) is 0 Å². The van der Waals surface area contributed by atoms with E-state index < -0.39 is 30.2 Å². The number of methoxy groups -OCH3 is 1. The lowest BCUT2D eigenvalue weighted by atomic mass is 10.1. The van der Waals surface area contributed by atoms with Crippen LogP contribution in [0.3, 0.4) is 0 Å². The van der Waals surface area contributed by atoms with Gasteiger partial charge in [0.15, 0.2) is 6.61 Å². The van der Waals surface area contributed by atoms with Gasteiger partial charge in [0.05, 0.1) is 19.1 Å². The highest BCUT2D eigenvalue weighted by molar-refractivity contribution is 5.93. The molecule has 138 valence electrons. The van der Waals surface area contributed by atoms with Crippen LogP contribution in [0.5, 0.6) is 5.75 Å². The second-order valence-corrected chi connectivity index (χ2v) is 5.31. The summed E-state index contributed by atoms with van der Waals surface area (Å²) in [5.74, 6) is -0.718. The third-order valence-corrected chi connectivity index (χ3v) is 3.35. The molecular weight excluding hydrogens is 351 g/mol. The van der Waals surface area contributed by atoms with Crippen molar-refractivity contribution in [2.75, 3.05) is 19.0 Å². The minimum absolute atomic E-state index is 0.0315. The highest BCUT2D eigenvalue weighted by atomic mass is 19.4. The van der Waals surface area contributed by atoms with Gasteiger partial charge in [-0.15, -0.1) is 0 Å². The minimum Gasteiger partial charge on any atom is -0.497 e. The zero-order valence-electron chi connectivity index (χ0n) is 13.8. The molecule has 0 unspecified atom stereocenters. The number of benzene rings is 2. The largest absolute Gasteiger partial charge is 0.497 e. The molecule has 0 spiro atoms. The van der Waals surface area contributed by atoms with Crippen LogP contribution in [0.1, 0.15) is 11.1 Å². The molecule has 0 aliphatic heterocycles. The zero-order chi connectivity index (χ0) is 19.2. The number of ether oxygens (including phenoxy) is 2. The van der Waals surface area contributed by atoms with Crippen molar-refractivity contribution in [3.05, 3.63) is 59.7 Å². The Morgan fingerprint density at radius 2 is 1.77 bits per heavy atom. The number of carbonyl (C=O) groups is 2. The Bertz CT molecular complexity index is 773. The number of alkyl halides is 3. The summed E-state index contributed by atoms with van der Waals surface area (Å²) in [6, 6.07) is 10.9. The van der Waals surface area contributed by atoms with Gasteiger partial charge in [0, 0.05) is 5.69 Å². The number of halogens is 3. The molecule has 8 heteroatoms. The number of nitrogens with one attached hydrogen (secondary N) is 1. The Morgan fingerprint density at radius 1 is 1.08 bits per heavy atom. The van der Waals surface area contributed by atoms with Crippen molar-refractivity contribution >= 4 is 17.6 Å². The summed E-state index contributed by atoms with van der Waals surface area (Å²) in [7, 11) is 1.52. The van der Waals surface area contributed by atoms with Crippen molar-refractivity contribution in [1.82, 2.24) is 0 Å². The van der Waals surface area contributed by atoms with Gasteiger partial charge in [-0.3, -0.25) is 9.59 Å². The van der Waals surface area contributed by atoms with Gasteiger partial charge in [0.1, 0.15) is 5.75 Å². The first-order chi connectivity index (χ1) is 12.3. The lowest BCUT2D eigenvalue weighted by molar-refractivity contribution is -0.146. The fourth-order valence-corrected chi connectivity index (χ4v) is 2.08. The van der Waals surface area contributed by atoms with Gasteiger partial charge in [-0.2, -0.15) is 13.2 Å². The van der Waals surface area contributed by atoms with Crippen molar-refractivity contribution < 1.29 is 32.2 Å². The van der Waals surface area contributed by atoms with Crippen LogP contribution in [0, 0.1) is 0 Å². The quantitative estimate of drug-likeness (QED) is 0.795. The fourth-order valence-electron chi connectivity index (χ4n) is 2.08. The number of rotatable bonds is 6. The lowest BCUT2D eigenvalue weighted by Gasteiger charge is -2.10. The number of hydrogen-bond donors (Lipinski definition) is 1. The standard InChI is InChI=1S/C18H16F3NO4/c1-25-15-7-5-12(6-8-15)9-17(24)26-11-16(23)22-14-4-2-3-13(10-14)18(19,20)21/h2-8,10H,9,11H2,1H3,(H,22,23). The minimum atomic E-state index is -4.51. The number of hydrogen-bond acceptors (Lipinski definition) is 4. The Labute approximate surface area is 147 Å². The van der Waals surface area contributed by atoms with Crippen molar-refractivity contribution in [3.8, 4) is 5.75 Å². The third kappa shape index (κ3) is 5.80. The predicted molar refractivity (Wildman–Crippen MR) is 87.7 cm³/mol. The van der Waals surface area contributed by atoms with Crippen molar-refractivity contribution in [3.63, 3.8) is 0 Å². The maximum atomic E-state index is 12.6. The highest BCUT2D eigenvalue weighted by Crippen LogP contribution is 2.30. The van der Waals surface area contributed by atoms with E-state index in [0.717, 1.165) is 12.1 Å². The van der Waals surface area contributed by atoms with Gasteiger partial charge in [-0.25, -0.2) is 0 Å². The average Bonchev–Trinajstić information content (AvgIpc) is 2.60. The molecule has 2 aromatic rings. The Kier molecular flexibility index (Phi) is 6.21. The van der Waals surface area contributed by atoms with Crippen LogP contribution in [-0.2, 0) is 26.9 Å². The highest BCUT2D eigenvalue weighted by Gasteiger charge is 2.30. The number of anilines is 1. The second-order valence-electron chi connectivity index (χ2n) is 5.31. The summed E-state index contributed by atoms with van der Waals surface area (Å²) < 4.78 is 47.7. The van der Waals surface area contributed by atoms with Gasteiger partial charge in [-0.1, -0.05) is 18.2 Å². The van der Waals surface area contributed by atoms with E-state index in [9.17, 15) is 22.8 Å². The number of amides is 1. The summed E-state index contributed by atoms with van der Waals surface area (Å²) in [6.45, 7) is -0.592. The summed E-state index contributed by atoms with van der Waals surface area (Å²) >= 11 is 0. The van der Waals surface area contributed by atoms with Crippen LogP contribution >= 0.6 is 0 Å². The van der Waals surface area contributed by atoms with E-state index in [0.29, 0.717) is 11.3 Å². The summed E-state index contributed by atoms with van der Waals surface area (Å²) in [4.78, 5) is 23.5. The van der Waals surface area contributed by atoms with E-state index in [1.54, 1.807) is 24.3 Å². The predicted octanol–water partition coefficient (Wildman–Crippen LogP) is 3.44. The molecule has 26 heavy (non-hydrogen) atoms. The van der Waals surface area contributed by atoms with Crippen molar-refractivity contribution in [1.29, 1.82) is 0 Å². The second kappa shape index (κ2) is 8.37. The maximum absolute atomic E-state index is 12.6. The SMILES string of the molecule is COc1ccc(CC(=O)OCC(=O)Nc2cccc(C(F)(F)F)c2)cc1. The van der Waals surface area contributed by atoms with Gasteiger partial charge in [0.25, 0.3) is 5.91 Å². The van der Waals surface area contributed by atoms with Crippen LogP contribution in [0.15, 0.2) is 48.5 Å². The van der Waals surface area contributed by atoms with Gasteiger partial charge >= 0.3 is 12.1 Å². The monoisotopic (exact) mass is 367 g/mol. The molecule has 5 nitrogen and oxygen atoms in total. The molecule has 0 heterocycles. The molecule has 2 rings (SSSR count).